The Balaban J connectivity index is 0.00000162. The molecule has 1 atom stereocenters. The standard InChI is InChI=1S/C14H13NO2.ClH/c16-14(17)9-13(11-5-2-1-3-6-11)12-7-4-8-15-10-12;/h1-8,10,13H,9H2,(H,16,17);1H. The van der Waals surface area contributed by atoms with Crippen LogP contribution in [0, 0.1) is 0 Å². The maximum absolute atomic E-state index is 10.9. The van der Waals surface area contributed by atoms with Crippen molar-refractivity contribution >= 4 is 18.4 Å². The van der Waals surface area contributed by atoms with Crippen LogP contribution in [-0.2, 0) is 4.79 Å². The molecule has 2 aromatic rings. The number of aliphatic carboxylic acids is 1. The Morgan fingerprint density at radius 2 is 1.78 bits per heavy atom. The van der Waals surface area contributed by atoms with E-state index in [4.69, 9.17) is 5.11 Å². The van der Waals surface area contributed by atoms with E-state index >= 15 is 0 Å². The molecule has 3 nitrogen and oxygen atoms in total. The van der Waals surface area contributed by atoms with Gasteiger partial charge in [0.15, 0.2) is 0 Å². The number of halogens is 1. The van der Waals surface area contributed by atoms with Crippen LogP contribution in [0.3, 0.4) is 0 Å². The lowest BCUT2D eigenvalue weighted by atomic mass is 9.90. The molecule has 1 N–H and O–H groups in total. The van der Waals surface area contributed by atoms with Crippen molar-refractivity contribution in [3.63, 3.8) is 0 Å². The average molecular weight is 264 g/mol. The molecular formula is C14H14ClNO2. The minimum atomic E-state index is -0.803. The Kier molecular flexibility index (Phi) is 5.33. The molecule has 0 spiro atoms. The minimum Gasteiger partial charge on any atom is -0.481 e. The van der Waals surface area contributed by atoms with E-state index in [1.54, 1.807) is 12.4 Å². The summed E-state index contributed by atoms with van der Waals surface area (Å²) in [7, 11) is 0. The fourth-order valence-corrected chi connectivity index (χ4v) is 1.87. The van der Waals surface area contributed by atoms with Gasteiger partial charge in [-0.15, -0.1) is 12.4 Å². The fraction of sp³-hybridized carbons (Fsp3) is 0.143. The van der Waals surface area contributed by atoms with Crippen LogP contribution in [0.25, 0.3) is 0 Å². The molecule has 0 aliphatic carbocycles. The van der Waals surface area contributed by atoms with Gasteiger partial charge >= 0.3 is 5.97 Å². The Bertz CT molecular complexity index is 448. The van der Waals surface area contributed by atoms with Crippen LogP contribution in [0.5, 0.6) is 0 Å². The summed E-state index contributed by atoms with van der Waals surface area (Å²) in [6.45, 7) is 0. The quantitative estimate of drug-likeness (QED) is 0.922. The van der Waals surface area contributed by atoms with E-state index in [9.17, 15) is 4.79 Å². The van der Waals surface area contributed by atoms with E-state index in [0.29, 0.717) is 0 Å². The van der Waals surface area contributed by atoms with Crippen molar-refractivity contribution < 1.29 is 9.90 Å². The molecule has 0 aliphatic rings. The third-order valence-electron chi connectivity index (χ3n) is 2.67. The van der Waals surface area contributed by atoms with Crippen LogP contribution >= 0.6 is 12.4 Å². The molecule has 0 radical (unpaired) electrons. The summed E-state index contributed by atoms with van der Waals surface area (Å²) < 4.78 is 0. The molecule has 1 aromatic heterocycles. The average Bonchev–Trinajstić information content (AvgIpc) is 2.38. The third kappa shape index (κ3) is 3.57. The van der Waals surface area contributed by atoms with Gasteiger partial charge in [0, 0.05) is 18.3 Å². The molecule has 1 aromatic carbocycles. The molecule has 0 aliphatic heterocycles. The second-order valence-electron chi connectivity index (χ2n) is 3.85. The number of nitrogens with zero attached hydrogens (tertiary/aromatic N) is 1. The van der Waals surface area contributed by atoms with Gasteiger partial charge in [-0.25, -0.2) is 0 Å². The van der Waals surface area contributed by atoms with Crippen LogP contribution in [0.2, 0.25) is 0 Å². The Hall–Kier alpha value is -1.87. The molecule has 2 rings (SSSR count). The zero-order valence-corrected chi connectivity index (χ0v) is 10.5. The van der Waals surface area contributed by atoms with Crippen molar-refractivity contribution in [1.29, 1.82) is 0 Å². The zero-order chi connectivity index (χ0) is 12.1. The van der Waals surface area contributed by atoms with Gasteiger partial charge < -0.3 is 5.11 Å². The predicted molar refractivity (Wildman–Crippen MR) is 72.0 cm³/mol. The van der Waals surface area contributed by atoms with Gasteiger partial charge in [0.25, 0.3) is 0 Å². The highest BCUT2D eigenvalue weighted by molar-refractivity contribution is 5.85. The number of hydrogen-bond donors (Lipinski definition) is 1. The van der Waals surface area contributed by atoms with E-state index in [1.165, 1.54) is 0 Å². The number of benzene rings is 1. The summed E-state index contributed by atoms with van der Waals surface area (Å²) in [5, 5.41) is 8.99. The number of aromatic nitrogens is 1. The lowest BCUT2D eigenvalue weighted by molar-refractivity contribution is -0.137. The lowest BCUT2D eigenvalue weighted by Crippen LogP contribution is -2.08. The molecule has 0 bridgehead atoms. The van der Waals surface area contributed by atoms with E-state index in [-0.39, 0.29) is 24.7 Å². The predicted octanol–water partition coefficient (Wildman–Crippen LogP) is 3.11. The summed E-state index contributed by atoms with van der Waals surface area (Å²) >= 11 is 0. The number of carboxylic acid groups (broad SMARTS) is 1. The number of rotatable bonds is 4. The number of hydrogen-bond acceptors (Lipinski definition) is 2. The molecule has 18 heavy (non-hydrogen) atoms. The molecule has 0 saturated carbocycles. The normalized spacial score (nSPS) is 11.3. The first-order valence-corrected chi connectivity index (χ1v) is 5.44. The molecule has 4 heteroatoms. The van der Waals surface area contributed by atoms with Crippen LogP contribution in [-0.4, -0.2) is 16.1 Å². The van der Waals surface area contributed by atoms with E-state index in [2.05, 4.69) is 4.98 Å². The molecule has 1 unspecified atom stereocenters. The van der Waals surface area contributed by atoms with Crippen molar-refractivity contribution in [2.75, 3.05) is 0 Å². The molecule has 0 amide bonds. The smallest absolute Gasteiger partial charge is 0.304 e. The first kappa shape index (κ1) is 14.2. The van der Waals surface area contributed by atoms with Gasteiger partial charge in [-0.3, -0.25) is 9.78 Å². The van der Waals surface area contributed by atoms with Crippen molar-refractivity contribution in [3.05, 3.63) is 66.0 Å². The van der Waals surface area contributed by atoms with Crippen LogP contribution in [0.1, 0.15) is 23.5 Å². The molecule has 1 heterocycles. The second-order valence-corrected chi connectivity index (χ2v) is 3.85. The maximum atomic E-state index is 10.9. The monoisotopic (exact) mass is 263 g/mol. The fourth-order valence-electron chi connectivity index (χ4n) is 1.87. The molecule has 0 saturated heterocycles. The lowest BCUT2D eigenvalue weighted by Gasteiger charge is -2.15. The first-order valence-electron chi connectivity index (χ1n) is 5.44. The summed E-state index contributed by atoms with van der Waals surface area (Å²) in [6, 6.07) is 13.4. The third-order valence-corrected chi connectivity index (χ3v) is 2.67. The van der Waals surface area contributed by atoms with Gasteiger partial charge in [-0.1, -0.05) is 36.4 Å². The Morgan fingerprint density at radius 1 is 1.11 bits per heavy atom. The highest BCUT2D eigenvalue weighted by Gasteiger charge is 2.17. The van der Waals surface area contributed by atoms with Crippen LogP contribution in [0.4, 0.5) is 0 Å². The second kappa shape index (κ2) is 6.77. The summed E-state index contributed by atoms with van der Waals surface area (Å²) in [4.78, 5) is 15.0. The number of pyridine rings is 1. The topological polar surface area (TPSA) is 50.2 Å². The van der Waals surface area contributed by atoms with Gasteiger partial charge in [0.05, 0.1) is 6.42 Å². The van der Waals surface area contributed by atoms with Gasteiger partial charge in [0.2, 0.25) is 0 Å². The molecular weight excluding hydrogens is 250 g/mol. The van der Waals surface area contributed by atoms with Crippen LogP contribution in [0.15, 0.2) is 54.9 Å². The van der Waals surface area contributed by atoms with Gasteiger partial charge in [0.1, 0.15) is 0 Å². The number of carbonyl (C=O) groups is 1. The van der Waals surface area contributed by atoms with E-state index in [0.717, 1.165) is 11.1 Å². The highest BCUT2D eigenvalue weighted by atomic mass is 35.5. The first-order chi connectivity index (χ1) is 8.27. The molecule has 94 valence electrons. The summed E-state index contributed by atoms with van der Waals surface area (Å²) in [5.41, 5.74) is 1.93. The highest BCUT2D eigenvalue weighted by Crippen LogP contribution is 2.27. The Labute approximate surface area is 112 Å². The molecule has 0 fully saturated rings. The van der Waals surface area contributed by atoms with Crippen molar-refractivity contribution in [3.8, 4) is 0 Å². The van der Waals surface area contributed by atoms with E-state index in [1.807, 2.05) is 42.5 Å². The minimum absolute atomic E-state index is 0. The van der Waals surface area contributed by atoms with Crippen molar-refractivity contribution in [1.82, 2.24) is 4.98 Å². The van der Waals surface area contributed by atoms with Crippen molar-refractivity contribution in [2.24, 2.45) is 0 Å². The van der Waals surface area contributed by atoms with E-state index < -0.39 is 5.97 Å². The zero-order valence-electron chi connectivity index (χ0n) is 9.69. The van der Waals surface area contributed by atoms with Crippen LogP contribution < -0.4 is 0 Å². The SMILES string of the molecule is Cl.O=C(O)CC(c1ccccc1)c1cccnc1. The summed E-state index contributed by atoms with van der Waals surface area (Å²) in [6.07, 6.45) is 3.49. The number of carboxylic acids is 1. The maximum Gasteiger partial charge on any atom is 0.304 e. The van der Waals surface area contributed by atoms with Gasteiger partial charge in [-0.2, -0.15) is 0 Å². The Morgan fingerprint density at radius 3 is 2.33 bits per heavy atom. The van der Waals surface area contributed by atoms with Gasteiger partial charge in [-0.05, 0) is 17.2 Å². The summed E-state index contributed by atoms with van der Waals surface area (Å²) in [5.74, 6) is -0.940. The largest absolute Gasteiger partial charge is 0.481 e. The van der Waals surface area contributed by atoms with Crippen molar-refractivity contribution in [2.45, 2.75) is 12.3 Å².